The average Bonchev–Trinajstić information content (AvgIpc) is 3.22. The van der Waals surface area contributed by atoms with E-state index >= 15 is 0 Å². The number of hydrogen-bond donors (Lipinski definition) is 0. The Morgan fingerprint density at radius 2 is 1.86 bits per heavy atom. The molecule has 5 atom stereocenters. The van der Waals surface area contributed by atoms with Crippen LogP contribution in [0, 0.1) is 12.8 Å². The maximum Gasteiger partial charge on any atom is 0.412 e. The number of aryl methyl sites for hydroxylation is 1. The summed E-state index contributed by atoms with van der Waals surface area (Å²) in [6.45, 7) is 15.2. The third-order valence-corrected chi connectivity index (χ3v) is 8.49. The van der Waals surface area contributed by atoms with Crippen molar-refractivity contribution in [3.8, 4) is 0 Å². The highest BCUT2D eigenvalue weighted by atomic mass is 32.2. The van der Waals surface area contributed by atoms with Gasteiger partial charge in [0.25, 0.3) is 0 Å². The molecular weight excluding hydrogens is 482 g/mol. The molecule has 0 N–H and O–H groups in total. The van der Waals surface area contributed by atoms with Gasteiger partial charge in [0.2, 0.25) is 0 Å². The highest BCUT2D eigenvalue weighted by Gasteiger charge is 2.50. The van der Waals surface area contributed by atoms with E-state index in [-0.39, 0.29) is 28.8 Å². The van der Waals surface area contributed by atoms with Crippen LogP contribution in [0.2, 0.25) is 0 Å². The van der Waals surface area contributed by atoms with Gasteiger partial charge in [0, 0.05) is 19.4 Å². The molecule has 3 rings (SSSR count). The van der Waals surface area contributed by atoms with E-state index in [1.807, 2.05) is 41.5 Å². The van der Waals surface area contributed by atoms with Gasteiger partial charge in [0.15, 0.2) is 9.84 Å². The smallest absolute Gasteiger partial charge is 0.412 e. The summed E-state index contributed by atoms with van der Waals surface area (Å²) in [5.74, 6) is -0.467. The van der Waals surface area contributed by atoms with E-state index in [0.717, 1.165) is 5.56 Å². The second kappa shape index (κ2) is 10.8. The SMILES string of the molecule is C=CC[C@@H]1O[C@H](C[C@H]2CN(C(=O)OC(C)(C)C)C(C)(C)O2)[C@H](OC)[C@H]1CS(=O)(=O)c1ccc(C)cc1. The van der Waals surface area contributed by atoms with Crippen LogP contribution in [-0.4, -0.2) is 74.6 Å². The van der Waals surface area contributed by atoms with Gasteiger partial charge in [-0.15, -0.1) is 6.58 Å². The summed E-state index contributed by atoms with van der Waals surface area (Å²) in [5.41, 5.74) is -0.463. The van der Waals surface area contributed by atoms with Gasteiger partial charge in [-0.1, -0.05) is 23.8 Å². The molecule has 0 aliphatic carbocycles. The third kappa shape index (κ3) is 6.68. The number of rotatable bonds is 8. The fourth-order valence-corrected chi connectivity index (χ4v) is 6.68. The van der Waals surface area contributed by atoms with Crippen LogP contribution in [0.1, 0.15) is 53.0 Å². The van der Waals surface area contributed by atoms with Gasteiger partial charge >= 0.3 is 6.09 Å². The standard InChI is InChI=1S/C27H41NO7S/c1-9-10-22-21(17-36(30,31)20-13-11-18(2)12-14-20)24(32-8)23(33-22)15-19-16-28(27(6,7)34-19)25(29)35-26(3,4)5/h9,11-14,19,21-24H,1,10,15-17H2,2-8H3/t19-,21-,22-,23+,24+/m0/s1. The van der Waals surface area contributed by atoms with Crippen molar-refractivity contribution in [3.05, 3.63) is 42.5 Å². The Balaban J connectivity index is 1.76. The monoisotopic (exact) mass is 523 g/mol. The quantitative estimate of drug-likeness (QED) is 0.463. The van der Waals surface area contributed by atoms with Crippen molar-refractivity contribution in [3.63, 3.8) is 0 Å². The molecular formula is C27H41NO7S. The molecule has 0 bridgehead atoms. The van der Waals surface area contributed by atoms with Crippen LogP contribution in [-0.2, 0) is 28.8 Å². The molecule has 36 heavy (non-hydrogen) atoms. The Morgan fingerprint density at radius 1 is 1.22 bits per heavy atom. The fraction of sp³-hybridized carbons (Fsp3) is 0.667. The summed E-state index contributed by atoms with van der Waals surface area (Å²) in [6.07, 6.45) is 0.764. The third-order valence-electron chi connectivity index (χ3n) is 6.68. The Hall–Kier alpha value is -1.94. The maximum absolute atomic E-state index is 13.3. The number of methoxy groups -OCH3 is 1. The number of nitrogens with zero attached hydrogens (tertiary/aromatic N) is 1. The number of benzene rings is 1. The molecule has 0 radical (unpaired) electrons. The van der Waals surface area contributed by atoms with Gasteiger partial charge in [0.1, 0.15) is 11.3 Å². The van der Waals surface area contributed by atoms with Crippen LogP contribution < -0.4 is 0 Å². The molecule has 202 valence electrons. The molecule has 2 fully saturated rings. The first-order valence-corrected chi connectivity index (χ1v) is 14.1. The van der Waals surface area contributed by atoms with Crippen molar-refractivity contribution in [1.82, 2.24) is 4.90 Å². The number of hydrogen-bond acceptors (Lipinski definition) is 7. The van der Waals surface area contributed by atoms with Crippen LogP contribution in [0.25, 0.3) is 0 Å². The lowest BCUT2D eigenvalue weighted by Gasteiger charge is -2.31. The van der Waals surface area contributed by atoms with E-state index in [9.17, 15) is 13.2 Å². The number of ether oxygens (including phenoxy) is 4. The summed E-state index contributed by atoms with van der Waals surface area (Å²) in [6, 6.07) is 6.88. The highest BCUT2D eigenvalue weighted by molar-refractivity contribution is 7.91. The molecule has 2 aliphatic heterocycles. The van der Waals surface area contributed by atoms with Crippen LogP contribution in [0.5, 0.6) is 0 Å². The van der Waals surface area contributed by atoms with Gasteiger partial charge in [-0.2, -0.15) is 0 Å². The van der Waals surface area contributed by atoms with Gasteiger partial charge in [-0.05, 0) is 60.1 Å². The molecule has 1 aromatic rings. The number of amides is 1. The van der Waals surface area contributed by atoms with E-state index in [1.165, 1.54) is 0 Å². The second-order valence-electron chi connectivity index (χ2n) is 11.2. The lowest BCUT2D eigenvalue weighted by Crippen LogP contribution is -2.46. The van der Waals surface area contributed by atoms with E-state index < -0.39 is 39.5 Å². The van der Waals surface area contributed by atoms with E-state index in [4.69, 9.17) is 18.9 Å². The Morgan fingerprint density at radius 3 is 2.42 bits per heavy atom. The topological polar surface area (TPSA) is 91.4 Å². The second-order valence-corrected chi connectivity index (χ2v) is 13.2. The van der Waals surface area contributed by atoms with Crippen molar-refractivity contribution < 1.29 is 32.2 Å². The first-order chi connectivity index (χ1) is 16.7. The number of sulfone groups is 1. The fourth-order valence-electron chi connectivity index (χ4n) is 5.02. The lowest BCUT2D eigenvalue weighted by molar-refractivity contribution is -0.0943. The largest absolute Gasteiger partial charge is 0.444 e. The summed E-state index contributed by atoms with van der Waals surface area (Å²) in [5, 5.41) is 0. The molecule has 8 nitrogen and oxygen atoms in total. The Labute approximate surface area is 215 Å². The Kier molecular flexibility index (Phi) is 8.60. The van der Waals surface area contributed by atoms with Crippen LogP contribution >= 0.6 is 0 Å². The molecule has 2 aliphatic rings. The minimum atomic E-state index is -3.56. The number of carbonyl (C=O) groups is 1. The molecule has 0 aromatic heterocycles. The minimum Gasteiger partial charge on any atom is -0.444 e. The van der Waals surface area contributed by atoms with Gasteiger partial charge in [0.05, 0.1) is 41.6 Å². The van der Waals surface area contributed by atoms with Crippen LogP contribution in [0.3, 0.4) is 0 Å². The van der Waals surface area contributed by atoms with Gasteiger partial charge < -0.3 is 18.9 Å². The zero-order valence-electron chi connectivity index (χ0n) is 22.5. The number of carbonyl (C=O) groups excluding carboxylic acids is 1. The first-order valence-electron chi connectivity index (χ1n) is 12.4. The predicted octanol–water partition coefficient (Wildman–Crippen LogP) is 4.51. The maximum atomic E-state index is 13.3. The molecule has 0 saturated carbocycles. The summed E-state index contributed by atoms with van der Waals surface area (Å²) < 4.78 is 50.5. The van der Waals surface area contributed by atoms with Gasteiger partial charge in [-0.3, -0.25) is 4.90 Å². The van der Waals surface area contributed by atoms with E-state index in [2.05, 4.69) is 6.58 Å². The normalized spacial score (nSPS) is 28.3. The van der Waals surface area contributed by atoms with Crippen LogP contribution in [0.4, 0.5) is 4.79 Å². The van der Waals surface area contributed by atoms with E-state index in [1.54, 1.807) is 42.4 Å². The van der Waals surface area contributed by atoms with Crippen molar-refractivity contribution >= 4 is 15.9 Å². The lowest BCUT2D eigenvalue weighted by atomic mass is 9.94. The summed E-state index contributed by atoms with van der Waals surface area (Å²) >= 11 is 0. The zero-order chi connectivity index (χ0) is 26.9. The van der Waals surface area contributed by atoms with Gasteiger partial charge in [-0.25, -0.2) is 13.2 Å². The first kappa shape index (κ1) is 28.6. The molecule has 1 aromatic carbocycles. The summed E-state index contributed by atoms with van der Waals surface area (Å²) in [4.78, 5) is 14.6. The minimum absolute atomic E-state index is 0.0926. The van der Waals surface area contributed by atoms with Crippen molar-refractivity contribution in [2.24, 2.45) is 5.92 Å². The average molecular weight is 524 g/mol. The van der Waals surface area contributed by atoms with Crippen molar-refractivity contribution in [2.45, 2.75) is 95.0 Å². The van der Waals surface area contributed by atoms with Crippen LogP contribution in [0.15, 0.2) is 41.8 Å². The molecule has 2 saturated heterocycles. The molecule has 0 unspecified atom stereocenters. The predicted molar refractivity (Wildman–Crippen MR) is 138 cm³/mol. The molecule has 9 heteroatoms. The Bertz CT molecular complexity index is 1030. The summed E-state index contributed by atoms with van der Waals surface area (Å²) in [7, 11) is -1.98. The zero-order valence-corrected chi connectivity index (χ0v) is 23.3. The van der Waals surface area contributed by atoms with Crippen molar-refractivity contribution in [2.75, 3.05) is 19.4 Å². The van der Waals surface area contributed by atoms with Crippen molar-refractivity contribution in [1.29, 1.82) is 0 Å². The highest BCUT2D eigenvalue weighted by Crippen LogP contribution is 2.38. The molecule has 1 amide bonds. The molecule has 0 spiro atoms. The molecule has 2 heterocycles. The van der Waals surface area contributed by atoms with E-state index in [0.29, 0.717) is 19.4 Å².